The molecule has 98 valence electrons. The number of carbonyl (C=O) groups is 2. The summed E-state index contributed by atoms with van der Waals surface area (Å²) in [6.07, 6.45) is 1.85. The van der Waals surface area contributed by atoms with Gasteiger partial charge in [0.1, 0.15) is 0 Å². The van der Waals surface area contributed by atoms with Crippen LogP contribution >= 0.6 is 11.3 Å². The van der Waals surface area contributed by atoms with Gasteiger partial charge in [0.25, 0.3) is 0 Å². The molecule has 5 nitrogen and oxygen atoms in total. The normalized spacial score (nSPS) is 19.4. The first-order valence-corrected chi connectivity index (χ1v) is 6.98. The number of rotatable bonds is 4. The van der Waals surface area contributed by atoms with Crippen molar-refractivity contribution in [3.05, 3.63) is 16.1 Å². The number of thiazole rings is 1. The minimum Gasteiger partial charge on any atom is -0.355 e. The molecular weight excluding hydrogens is 250 g/mol. The molecule has 1 fully saturated rings. The van der Waals surface area contributed by atoms with Crippen molar-refractivity contribution in [3.8, 4) is 0 Å². The number of piperidine rings is 1. The fourth-order valence-corrected chi connectivity index (χ4v) is 2.58. The molecule has 0 radical (unpaired) electrons. The van der Waals surface area contributed by atoms with Crippen molar-refractivity contribution in [2.75, 3.05) is 13.1 Å². The zero-order valence-corrected chi connectivity index (χ0v) is 11.2. The van der Waals surface area contributed by atoms with Gasteiger partial charge < -0.3 is 10.6 Å². The minimum atomic E-state index is -0.0835. The van der Waals surface area contributed by atoms with Crippen LogP contribution in [0.5, 0.6) is 0 Å². The predicted molar refractivity (Wildman–Crippen MR) is 69.3 cm³/mol. The molecule has 1 atom stereocenters. The van der Waals surface area contributed by atoms with Crippen LogP contribution in [0.3, 0.4) is 0 Å². The van der Waals surface area contributed by atoms with Gasteiger partial charge in [-0.25, -0.2) is 4.98 Å². The van der Waals surface area contributed by atoms with E-state index in [-0.39, 0.29) is 17.7 Å². The van der Waals surface area contributed by atoms with Gasteiger partial charge in [0, 0.05) is 31.3 Å². The maximum absolute atomic E-state index is 11.8. The van der Waals surface area contributed by atoms with E-state index in [9.17, 15) is 9.59 Å². The molecular formula is C12H17N3O2S. The third-order valence-corrected chi connectivity index (χ3v) is 3.81. The summed E-state index contributed by atoms with van der Waals surface area (Å²) in [6, 6.07) is 0. The van der Waals surface area contributed by atoms with E-state index in [4.69, 9.17) is 0 Å². The summed E-state index contributed by atoms with van der Waals surface area (Å²) in [5.74, 6) is -0.0150. The van der Waals surface area contributed by atoms with Crippen LogP contribution in [-0.4, -0.2) is 29.9 Å². The highest BCUT2D eigenvalue weighted by molar-refractivity contribution is 7.09. The van der Waals surface area contributed by atoms with Gasteiger partial charge in [0.05, 0.1) is 16.6 Å². The Morgan fingerprint density at radius 1 is 1.67 bits per heavy atom. The van der Waals surface area contributed by atoms with E-state index in [2.05, 4.69) is 15.6 Å². The van der Waals surface area contributed by atoms with E-state index in [1.165, 1.54) is 0 Å². The fraction of sp³-hybridized carbons (Fsp3) is 0.583. The Hall–Kier alpha value is -1.43. The van der Waals surface area contributed by atoms with Crippen LogP contribution in [0.2, 0.25) is 0 Å². The lowest BCUT2D eigenvalue weighted by atomic mass is 9.98. The molecule has 0 spiro atoms. The van der Waals surface area contributed by atoms with Crippen LogP contribution in [0.1, 0.15) is 23.5 Å². The maximum Gasteiger partial charge on any atom is 0.224 e. The van der Waals surface area contributed by atoms with Crippen molar-refractivity contribution in [3.63, 3.8) is 0 Å². The Morgan fingerprint density at radius 3 is 3.11 bits per heavy atom. The molecule has 0 unspecified atom stereocenters. The summed E-state index contributed by atoms with van der Waals surface area (Å²) < 4.78 is 0. The first kappa shape index (κ1) is 13.0. The van der Waals surface area contributed by atoms with Crippen molar-refractivity contribution in [2.24, 2.45) is 5.92 Å². The number of nitrogens with one attached hydrogen (secondary N) is 2. The number of hydrogen-bond donors (Lipinski definition) is 2. The molecule has 1 saturated heterocycles. The lowest BCUT2D eigenvalue weighted by Gasteiger charge is -2.21. The maximum atomic E-state index is 11.8. The van der Waals surface area contributed by atoms with Gasteiger partial charge in [0.2, 0.25) is 11.8 Å². The van der Waals surface area contributed by atoms with E-state index in [1.807, 2.05) is 12.3 Å². The molecule has 1 aromatic rings. The van der Waals surface area contributed by atoms with Gasteiger partial charge in [-0.3, -0.25) is 9.59 Å². The smallest absolute Gasteiger partial charge is 0.224 e. The molecule has 2 heterocycles. The molecule has 18 heavy (non-hydrogen) atoms. The summed E-state index contributed by atoms with van der Waals surface area (Å²) in [6.45, 7) is 3.03. The van der Waals surface area contributed by atoms with Crippen molar-refractivity contribution in [1.82, 2.24) is 15.6 Å². The highest BCUT2D eigenvalue weighted by atomic mass is 32.1. The standard InChI is InChI=1S/C12H17N3O2S/c1-8-15-10(7-18-8)4-5-13-12(17)9-2-3-11(16)14-6-9/h7,9H,2-6H2,1H3,(H,13,17)(H,14,16)/t9-/m0/s1. The summed E-state index contributed by atoms with van der Waals surface area (Å²) in [4.78, 5) is 27.1. The topological polar surface area (TPSA) is 71.1 Å². The summed E-state index contributed by atoms with van der Waals surface area (Å²) in [5.41, 5.74) is 1.02. The van der Waals surface area contributed by atoms with Gasteiger partial charge >= 0.3 is 0 Å². The largest absolute Gasteiger partial charge is 0.355 e. The van der Waals surface area contributed by atoms with Crippen molar-refractivity contribution >= 4 is 23.2 Å². The van der Waals surface area contributed by atoms with E-state index < -0.39 is 0 Å². The lowest BCUT2D eigenvalue weighted by molar-refractivity contribution is -0.128. The monoisotopic (exact) mass is 267 g/mol. The zero-order chi connectivity index (χ0) is 13.0. The molecule has 0 aromatic carbocycles. The Balaban J connectivity index is 1.70. The second-order valence-electron chi connectivity index (χ2n) is 4.44. The average Bonchev–Trinajstić information content (AvgIpc) is 2.76. The Morgan fingerprint density at radius 2 is 2.50 bits per heavy atom. The molecule has 2 rings (SSSR count). The zero-order valence-electron chi connectivity index (χ0n) is 10.4. The minimum absolute atomic E-state index is 0.0296. The second kappa shape index (κ2) is 5.95. The van der Waals surface area contributed by atoms with Crippen LogP contribution in [0.15, 0.2) is 5.38 Å². The average molecular weight is 267 g/mol. The molecule has 2 N–H and O–H groups in total. The van der Waals surface area contributed by atoms with Crippen LogP contribution in [-0.2, 0) is 16.0 Å². The molecule has 6 heteroatoms. The summed E-state index contributed by atoms with van der Waals surface area (Å²) >= 11 is 1.62. The fourth-order valence-electron chi connectivity index (χ4n) is 1.94. The quantitative estimate of drug-likeness (QED) is 0.841. The van der Waals surface area contributed by atoms with Crippen molar-refractivity contribution in [1.29, 1.82) is 0 Å². The highest BCUT2D eigenvalue weighted by Crippen LogP contribution is 2.11. The Labute approximate surface area is 110 Å². The molecule has 1 aliphatic heterocycles. The Kier molecular flexibility index (Phi) is 4.30. The van der Waals surface area contributed by atoms with E-state index in [0.29, 0.717) is 25.9 Å². The Bertz CT molecular complexity index is 434. The van der Waals surface area contributed by atoms with E-state index >= 15 is 0 Å². The first-order valence-electron chi connectivity index (χ1n) is 6.10. The SMILES string of the molecule is Cc1nc(CCNC(=O)[C@H]2CCC(=O)NC2)cs1. The molecule has 1 aromatic heterocycles. The van der Waals surface area contributed by atoms with Gasteiger partial charge in [-0.1, -0.05) is 0 Å². The van der Waals surface area contributed by atoms with Crippen LogP contribution in [0, 0.1) is 12.8 Å². The van der Waals surface area contributed by atoms with E-state index in [1.54, 1.807) is 11.3 Å². The van der Waals surface area contributed by atoms with Crippen molar-refractivity contribution < 1.29 is 9.59 Å². The second-order valence-corrected chi connectivity index (χ2v) is 5.50. The van der Waals surface area contributed by atoms with Gasteiger partial charge in [-0.2, -0.15) is 0 Å². The van der Waals surface area contributed by atoms with Crippen LogP contribution < -0.4 is 10.6 Å². The first-order chi connectivity index (χ1) is 8.65. The lowest BCUT2D eigenvalue weighted by Crippen LogP contribution is -2.43. The number of carbonyl (C=O) groups excluding carboxylic acids is 2. The van der Waals surface area contributed by atoms with Gasteiger partial charge in [-0.05, 0) is 13.3 Å². The van der Waals surface area contributed by atoms with Crippen molar-refractivity contribution in [2.45, 2.75) is 26.2 Å². The number of hydrogen-bond acceptors (Lipinski definition) is 4. The number of aromatic nitrogens is 1. The number of nitrogens with zero attached hydrogens (tertiary/aromatic N) is 1. The van der Waals surface area contributed by atoms with Gasteiger partial charge in [-0.15, -0.1) is 11.3 Å². The third kappa shape index (κ3) is 3.53. The van der Waals surface area contributed by atoms with E-state index in [0.717, 1.165) is 17.1 Å². The molecule has 1 aliphatic rings. The molecule has 0 saturated carbocycles. The summed E-state index contributed by atoms with van der Waals surface area (Å²) in [5, 5.41) is 8.68. The number of amides is 2. The highest BCUT2D eigenvalue weighted by Gasteiger charge is 2.23. The summed E-state index contributed by atoms with van der Waals surface area (Å²) in [7, 11) is 0. The molecule has 2 amide bonds. The van der Waals surface area contributed by atoms with Gasteiger partial charge in [0.15, 0.2) is 0 Å². The van der Waals surface area contributed by atoms with Crippen LogP contribution in [0.4, 0.5) is 0 Å². The third-order valence-electron chi connectivity index (χ3n) is 2.98. The molecule has 0 bridgehead atoms. The predicted octanol–water partition coefficient (Wildman–Crippen LogP) is 0.636. The van der Waals surface area contributed by atoms with Crippen LogP contribution in [0.25, 0.3) is 0 Å². The molecule has 0 aliphatic carbocycles. The number of aryl methyl sites for hydroxylation is 1.